The summed E-state index contributed by atoms with van der Waals surface area (Å²) in [5.41, 5.74) is 0.916. The molecule has 0 unspecified atom stereocenters. The van der Waals surface area contributed by atoms with Gasteiger partial charge in [-0.2, -0.15) is 0 Å². The lowest BCUT2D eigenvalue weighted by molar-refractivity contribution is 0.236. The minimum Gasteiger partial charge on any atom is -0.492 e. The van der Waals surface area contributed by atoms with E-state index >= 15 is 0 Å². The summed E-state index contributed by atoms with van der Waals surface area (Å²) in [5.74, 6) is 1.57. The molecule has 0 spiro atoms. The predicted octanol–water partition coefficient (Wildman–Crippen LogP) is 2.15. The number of nitrogens with one attached hydrogen (secondary N) is 2. The van der Waals surface area contributed by atoms with Crippen LogP contribution in [0.25, 0.3) is 5.82 Å². The number of hydrogen-bond acceptors (Lipinski definition) is 4. The number of carbonyl (C=O) groups is 1. The van der Waals surface area contributed by atoms with Gasteiger partial charge in [-0.15, -0.1) is 0 Å². The van der Waals surface area contributed by atoms with Gasteiger partial charge in [0.15, 0.2) is 0 Å². The Morgan fingerprint density at radius 1 is 1.12 bits per heavy atom. The number of nitrogens with zero attached hydrogens (tertiary/aromatic N) is 3. The Labute approximate surface area is 145 Å². The molecule has 0 aliphatic carbocycles. The van der Waals surface area contributed by atoms with Gasteiger partial charge in [-0.1, -0.05) is 24.3 Å². The molecule has 3 rings (SSSR count). The second kappa shape index (κ2) is 8.49. The van der Waals surface area contributed by atoms with E-state index in [0.29, 0.717) is 19.7 Å². The Morgan fingerprint density at radius 3 is 2.72 bits per heavy atom. The van der Waals surface area contributed by atoms with Gasteiger partial charge in [-0.3, -0.25) is 4.57 Å². The molecule has 2 aromatic heterocycles. The molecular formula is C18H19N5O2. The van der Waals surface area contributed by atoms with Crippen molar-refractivity contribution in [2.75, 3.05) is 13.2 Å². The highest BCUT2D eigenvalue weighted by Gasteiger charge is 2.02. The summed E-state index contributed by atoms with van der Waals surface area (Å²) < 4.78 is 7.32. The van der Waals surface area contributed by atoms with Crippen LogP contribution in [0.5, 0.6) is 5.75 Å². The summed E-state index contributed by atoms with van der Waals surface area (Å²) in [5, 5.41) is 5.54. The van der Waals surface area contributed by atoms with Crippen LogP contribution in [0.3, 0.4) is 0 Å². The first kappa shape index (κ1) is 16.5. The molecule has 128 valence electrons. The molecule has 0 bridgehead atoms. The summed E-state index contributed by atoms with van der Waals surface area (Å²) in [7, 11) is 0. The number of benzene rings is 1. The highest BCUT2D eigenvalue weighted by Crippen LogP contribution is 2.07. The summed E-state index contributed by atoms with van der Waals surface area (Å²) >= 11 is 0. The molecule has 7 heteroatoms. The van der Waals surface area contributed by atoms with Crippen LogP contribution >= 0.6 is 0 Å². The Bertz CT molecular complexity index is 773. The molecule has 2 amide bonds. The Balaban J connectivity index is 1.36. The number of imidazole rings is 1. The van der Waals surface area contributed by atoms with E-state index in [0.717, 1.165) is 17.1 Å². The number of carbonyl (C=O) groups excluding carboxylic acids is 1. The van der Waals surface area contributed by atoms with Crippen LogP contribution in [-0.4, -0.2) is 33.7 Å². The first-order chi connectivity index (χ1) is 12.3. The highest BCUT2D eigenvalue weighted by atomic mass is 16.5. The summed E-state index contributed by atoms with van der Waals surface area (Å²) in [6.45, 7) is 1.25. The summed E-state index contributed by atoms with van der Waals surface area (Å²) in [4.78, 5) is 20.1. The predicted molar refractivity (Wildman–Crippen MR) is 93.5 cm³/mol. The van der Waals surface area contributed by atoms with Gasteiger partial charge in [-0.25, -0.2) is 14.8 Å². The fourth-order valence-corrected chi connectivity index (χ4v) is 2.16. The average Bonchev–Trinajstić information content (AvgIpc) is 3.20. The lowest BCUT2D eigenvalue weighted by Crippen LogP contribution is -2.37. The van der Waals surface area contributed by atoms with Crippen LogP contribution in [0.1, 0.15) is 5.56 Å². The van der Waals surface area contributed by atoms with Crippen molar-refractivity contribution in [2.45, 2.75) is 6.54 Å². The van der Waals surface area contributed by atoms with Gasteiger partial charge in [0.1, 0.15) is 24.5 Å². The maximum atomic E-state index is 11.8. The van der Waals surface area contributed by atoms with Crippen molar-refractivity contribution in [3.63, 3.8) is 0 Å². The molecule has 0 saturated carbocycles. The van der Waals surface area contributed by atoms with E-state index in [1.165, 1.54) is 0 Å². The van der Waals surface area contributed by atoms with Crippen LogP contribution in [0.15, 0.2) is 67.4 Å². The fourth-order valence-electron chi connectivity index (χ4n) is 2.16. The van der Waals surface area contributed by atoms with E-state index in [1.54, 1.807) is 18.7 Å². The van der Waals surface area contributed by atoms with E-state index in [2.05, 4.69) is 20.6 Å². The van der Waals surface area contributed by atoms with E-state index in [-0.39, 0.29) is 6.03 Å². The van der Waals surface area contributed by atoms with Gasteiger partial charge in [0.2, 0.25) is 0 Å². The molecule has 0 radical (unpaired) electrons. The number of rotatable bonds is 7. The van der Waals surface area contributed by atoms with Gasteiger partial charge < -0.3 is 15.4 Å². The number of urea groups is 1. The van der Waals surface area contributed by atoms with Gasteiger partial charge in [0.05, 0.1) is 6.54 Å². The molecule has 2 heterocycles. The molecule has 2 N–H and O–H groups in total. The normalized spacial score (nSPS) is 10.2. The lowest BCUT2D eigenvalue weighted by atomic mass is 10.3. The van der Waals surface area contributed by atoms with Gasteiger partial charge in [0, 0.05) is 25.1 Å². The number of amides is 2. The molecule has 25 heavy (non-hydrogen) atoms. The average molecular weight is 337 g/mol. The van der Waals surface area contributed by atoms with Crippen LogP contribution < -0.4 is 15.4 Å². The first-order valence-electron chi connectivity index (χ1n) is 7.94. The molecule has 1 aromatic carbocycles. The van der Waals surface area contributed by atoms with Gasteiger partial charge in [-0.05, 0) is 23.8 Å². The molecule has 0 saturated heterocycles. The third-order valence-electron chi connectivity index (χ3n) is 3.43. The largest absolute Gasteiger partial charge is 0.492 e. The van der Waals surface area contributed by atoms with Gasteiger partial charge in [0.25, 0.3) is 0 Å². The van der Waals surface area contributed by atoms with Crippen LogP contribution in [0, 0.1) is 0 Å². The number of ether oxygens (including phenoxy) is 1. The maximum absolute atomic E-state index is 11.8. The second-order valence-electron chi connectivity index (χ2n) is 5.27. The van der Waals surface area contributed by atoms with E-state index in [4.69, 9.17) is 4.74 Å². The number of pyridine rings is 1. The standard InChI is InChI=1S/C18H19N5O2/c24-18(20-9-11-25-16-4-2-1-3-5-16)22-13-15-6-7-17(21-12-15)23-10-8-19-14-23/h1-8,10,12,14H,9,11,13H2,(H2,20,22,24). The van der Waals surface area contributed by atoms with Crippen molar-refractivity contribution in [1.29, 1.82) is 0 Å². The van der Waals surface area contributed by atoms with Crippen molar-refractivity contribution in [1.82, 2.24) is 25.2 Å². The molecule has 3 aromatic rings. The molecular weight excluding hydrogens is 318 g/mol. The molecule has 0 aliphatic heterocycles. The van der Waals surface area contributed by atoms with Crippen molar-refractivity contribution < 1.29 is 9.53 Å². The minimum absolute atomic E-state index is 0.240. The number of aromatic nitrogens is 3. The van der Waals surface area contributed by atoms with Crippen molar-refractivity contribution >= 4 is 6.03 Å². The zero-order chi connectivity index (χ0) is 17.3. The Hall–Kier alpha value is -3.35. The van der Waals surface area contributed by atoms with E-state index in [1.807, 2.05) is 53.2 Å². The second-order valence-corrected chi connectivity index (χ2v) is 5.27. The SMILES string of the molecule is O=C(NCCOc1ccccc1)NCc1ccc(-n2ccnc2)nc1. The van der Waals surface area contributed by atoms with Crippen LogP contribution in [0.2, 0.25) is 0 Å². The molecule has 7 nitrogen and oxygen atoms in total. The Kier molecular flexibility index (Phi) is 5.60. The van der Waals surface area contributed by atoms with Crippen molar-refractivity contribution in [2.24, 2.45) is 0 Å². The summed E-state index contributed by atoms with van der Waals surface area (Å²) in [6.07, 6.45) is 6.94. The lowest BCUT2D eigenvalue weighted by Gasteiger charge is -2.09. The molecule has 0 atom stereocenters. The minimum atomic E-state index is -0.240. The van der Waals surface area contributed by atoms with E-state index < -0.39 is 0 Å². The third kappa shape index (κ3) is 5.07. The molecule has 0 fully saturated rings. The monoisotopic (exact) mass is 337 g/mol. The van der Waals surface area contributed by atoms with Crippen molar-refractivity contribution in [3.8, 4) is 11.6 Å². The zero-order valence-corrected chi connectivity index (χ0v) is 13.6. The van der Waals surface area contributed by atoms with E-state index in [9.17, 15) is 4.79 Å². The maximum Gasteiger partial charge on any atom is 0.315 e. The number of hydrogen-bond donors (Lipinski definition) is 2. The van der Waals surface area contributed by atoms with Crippen LogP contribution in [-0.2, 0) is 6.54 Å². The quantitative estimate of drug-likeness (QED) is 0.647. The highest BCUT2D eigenvalue weighted by molar-refractivity contribution is 5.73. The van der Waals surface area contributed by atoms with Crippen LogP contribution in [0.4, 0.5) is 4.79 Å². The topological polar surface area (TPSA) is 81.1 Å². The zero-order valence-electron chi connectivity index (χ0n) is 13.6. The first-order valence-corrected chi connectivity index (χ1v) is 7.94. The fraction of sp³-hybridized carbons (Fsp3) is 0.167. The summed E-state index contributed by atoms with van der Waals surface area (Å²) in [6, 6.07) is 13.0. The third-order valence-corrected chi connectivity index (χ3v) is 3.43. The smallest absolute Gasteiger partial charge is 0.315 e. The van der Waals surface area contributed by atoms with Crippen molar-refractivity contribution in [3.05, 3.63) is 72.9 Å². The molecule has 0 aliphatic rings. The Morgan fingerprint density at radius 2 is 2.00 bits per heavy atom. The van der Waals surface area contributed by atoms with Gasteiger partial charge >= 0.3 is 6.03 Å². The number of para-hydroxylation sites is 1.